The molecule has 0 fully saturated rings. The zero-order valence-corrected chi connectivity index (χ0v) is 10.3. The van der Waals surface area contributed by atoms with Gasteiger partial charge in [-0.25, -0.2) is 13.8 Å². The number of halogens is 2. The Balaban J connectivity index is 2.16. The standard InChI is InChI=1S/C13H10F2N2S/c14-9-4-5-10(11(15)7-9)12-8-18-13(17-12)3-1-2-6-16/h4-5,7-8H,1-3H2. The third-order valence-electron chi connectivity index (χ3n) is 2.44. The Kier molecular flexibility index (Phi) is 4.00. The maximum Gasteiger partial charge on any atom is 0.135 e. The van der Waals surface area contributed by atoms with Crippen LogP contribution in [0.15, 0.2) is 23.6 Å². The molecular formula is C13H10F2N2S. The van der Waals surface area contributed by atoms with Gasteiger partial charge in [0.1, 0.15) is 11.6 Å². The van der Waals surface area contributed by atoms with Gasteiger partial charge in [-0.2, -0.15) is 5.26 Å². The molecule has 0 aliphatic rings. The summed E-state index contributed by atoms with van der Waals surface area (Å²) in [6.45, 7) is 0. The van der Waals surface area contributed by atoms with Gasteiger partial charge in [-0.3, -0.25) is 0 Å². The second kappa shape index (κ2) is 5.69. The molecule has 0 amide bonds. The van der Waals surface area contributed by atoms with Crippen molar-refractivity contribution in [3.8, 4) is 17.3 Å². The molecule has 0 saturated heterocycles. The van der Waals surface area contributed by atoms with Gasteiger partial charge in [-0.05, 0) is 18.6 Å². The minimum Gasteiger partial charge on any atom is -0.241 e. The van der Waals surface area contributed by atoms with E-state index in [9.17, 15) is 8.78 Å². The van der Waals surface area contributed by atoms with Crippen molar-refractivity contribution >= 4 is 11.3 Å². The van der Waals surface area contributed by atoms with Crippen molar-refractivity contribution in [2.24, 2.45) is 0 Å². The van der Waals surface area contributed by atoms with Gasteiger partial charge in [-0.15, -0.1) is 11.3 Å². The molecule has 0 aliphatic heterocycles. The van der Waals surface area contributed by atoms with Crippen molar-refractivity contribution in [2.45, 2.75) is 19.3 Å². The monoisotopic (exact) mass is 264 g/mol. The Bertz CT molecular complexity index is 587. The van der Waals surface area contributed by atoms with Gasteiger partial charge in [0.2, 0.25) is 0 Å². The normalized spacial score (nSPS) is 10.3. The van der Waals surface area contributed by atoms with Crippen LogP contribution in [-0.2, 0) is 6.42 Å². The van der Waals surface area contributed by atoms with Crippen molar-refractivity contribution in [1.29, 1.82) is 5.26 Å². The van der Waals surface area contributed by atoms with E-state index in [4.69, 9.17) is 5.26 Å². The summed E-state index contributed by atoms with van der Waals surface area (Å²) in [6, 6.07) is 5.52. The SMILES string of the molecule is N#CCCCc1nc(-c2ccc(F)cc2F)cs1. The van der Waals surface area contributed by atoms with E-state index in [0.717, 1.165) is 17.5 Å². The first-order valence-corrected chi connectivity index (χ1v) is 6.35. The highest BCUT2D eigenvalue weighted by Crippen LogP contribution is 2.25. The van der Waals surface area contributed by atoms with Crippen LogP contribution in [0.25, 0.3) is 11.3 Å². The summed E-state index contributed by atoms with van der Waals surface area (Å²) in [6.07, 6.45) is 1.94. The predicted octanol–water partition coefficient (Wildman–Crippen LogP) is 3.93. The average Bonchev–Trinajstić information content (AvgIpc) is 2.78. The Labute approximate surface area is 108 Å². The predicted molar refractivity (Wildman–Crippen MR) is 66.0 cm³/mol. The average molecular weight is 264 g/mol. The largest absolute Gasteiger partial charge is 0.241 e. The van der Waals surface area contributed by atoms with E-state index in [-0.39, 0.29) is 0 Å². The number of aromatic nitrogens is 1. The van der Waals surface area contributed by atoms with E-state index in [2.05, 4.69) is 11.1 Å². The van der Waals surface area contributed by atoms with Crippen LogP contribution in [0.4, 0.5) is 8.78 Å². The Morgan fingerprint density at radius 1 is 1.33 bits per heavy atom. The Morgan fingerprint density at radius 3 is 2.89 bits per heavy atom. The smallest absolute Gasteiger partial charge is 0.135 e. The summed E-state index contributed by atoms with van der Waals surface area (Å²) in [5.41, 5.74) is 0.823. The lowest BCUT2D eigenvalue weighted by molar-refractivity contribution is 0.585. The maximum absolute atomic E-state index is 13.5. The van der Waals surface area contributed by atoms with Crippen molar-refractivity contribution in [3.05, 3.63) is 40.2 Å². The van der Waals surface area contributed by atoms with Crippen molar-refractivity contribution in [3.63, 3.8) is 0 Å². The van der Waals surface area contributed by atoms with Gasteiger partial charge < -0.3 is 0 Å². The lowest BCUT2D eigenvalue weighted by Crippen LogP contribution is -1.88. The first kappa shape index (κ1) is 12.7. The molecule has 0 radical (unpaired) electrons. The molecule has 0 spiro atoms. The molecule has 0 N–H and O–H groups in total. The summed E-state index contributed by atoms with van der Waals surface area (Å²) in [5.74, 6) is -1.20. The topological polar surface area (TPSA) is 36.7 Å². The van der Waals surface area contributed by atoms with Crippen LogP contribution in [0.5, 0.6) is 0 Å². The van der Waals surface area contributed by atoms with Gasteiger partial charge in [0.15, 0.2) is 0 Å². The molecule has 0 atom stereocenters. The Morgan fingerprint density at radius 2 is 2.17 bits per heavy atom. The van der Waals surface area contributed by atoms with E-state index >= 15 is 0 Å². The molecule has 18 heavy (non-hydrogen) atoms. The first-order chi connectivity index (χ1) is 8.70. The quantitative estimate of drug-likeness (QED) is 0.784. The third-order valence-corrected chi connectivity index (χ3v) is 3.35. The fourth-order valence-corrected chi connectivity index (χ4v) is 2.41. The Hall–Kier alpha value is -1.80. The second-order valence-electron chi connectivity index (χ2n) is 3.76. The van der Waals surface area contributed by atoms with E-state index in [1.54, 1.807) is 5.38 Å². The molecule has 1 aromatic carbocycles. The summed E-state index contributed by atoms with van der Waals surface area (Å²) in [7, 11) is 0. The highest BCUT2D eigenvalue weighted by atomic mass is 32.1. The molecule has 2 aromatic rings. The van der Waals surface area contributed by atoms with Gasteiger partial charge in [-0.1, -0.05) is 0 Å². The molecule has 5 heteroatoms. The van der Waals surface area contributed by atoms with Crippen LogP contribution >= 0.6 is 11.3 Å². The van der Waals surface area contributed by atoms with Crippen LogP contribution in [0.1, 0.15) is 17.8 Å². The second-order valence-corrected chi connectivity index (χ2v) is 4.70. The number of hydrogen-bond acceptors (Lipinski definition) is 3. The number of thiazole rings is 1. The van der Waals surface area contributed by atoms with Gasteiger partial charge >= 0.3 is 0 Å². The molecule has 2 rings (SSSR count). The van der Waals surface area contributed by atoms with Gasteiger partial charge in [0.25, 0.3) is 0 Å². The number of unbranched alkanes of at least 4 members (excludes halogenated alkanes) is 1. The summed E-state index contributed by atoms with van der Waals surface area (Å²) in [5, 5.41) is 11.1. The number of nitrogens with zero attached hydrogens (tertiary/aromatic N) is 2. The van der Waals surface area contributed by atoms with Gasteiger partial charge in [0.05, 0.1) is 16.8 Å². The van der Waals surface area contributed by atoms with Crippen LogP contribution in [0.2, 0.25) is 0 Å². The molecular weight excluding hydrogens is 254 g/mol. The minimum absolute atomic E-state index is 0.305. The number of benzene rings is 1. The molecule has 1 heterocycles. The highest BCUT2D eigenvalue weighted by molar-refractivity contribution is 7.09. The lowest BCUT2D eigenvalue weighted by atomic mass is 10.1. The molecule has 0 bridgehead atoms. The summed E-state index contributed by atoms with van der Waals surface area (Å²) < 4.78 is 26.3. The summed E-state index contributed by atoms with van der Waals surface area (Å²) in [4.78, 5) is 4.29. The molecule has 0 unspecified atom stereocenters. The van der Waals surface area contributed by atoms with Crippen LogP contribution < -0.4 is 0 Å². The molecule has 0 aliphatic carbocycles. The van der Waals surface area contributed by atoms with Crippen molar-refractivity contribution in [2.75, 3.05) is 0 Å². The third kappa shape index (κ3) is 2.90. The van der Waals surface area contributed by atoms with Crippen molar-refractivity contribution < 1.29 is 8.78 Å². The molecule has 1 aromatic heterocycles. The molecule has 2 nitrogen and oxygen atoms in total. The highest BCUT2D eigenvalue weighted by Gasteiger charge is 2.10. The zero-order chi connectivity index (χ0) is 13.0. The van der Waals surface area contributed by atoms with E-state index in [0.29, 0.717) is 24.1 Å². The number of nitriles is 1. The number of aryl methyl sites for hydroxylation is 1. The van der Waals surface area contributed by atoms with E-state index in [1.165, 1.54) is 23.5 Å². The number of rotatable bonds is 4. The first-order valence-electron chi connectivity index (χ1n) is 5.47. The zero-order valence-electron chi connectivity index (χ0n) is 9.49. The van der Waals surface area contributed by atoms with Crippen LogP contribution in [0, 0.1) is 23.0 Å². The minimum atomic E-state index is -0.608. The number of hydrogen-bond donors (Lipinski definition) is 0. The fourth-order valence-electron chi connectivity index (χ4n) is 1.57. The van der Waals surface area contributed by atoms with E-state index in [1.807, 2.05) is 0 Å². The fraction of sp³-hybridized carbons (Fsp3) is 0.231. The van der Waals surface area contributed by atoms with Gasteiger partial charge in [0, 0.05) is 29.9 Å². The summed E-state index contributed by atoms with van der Waals surface area (Å²) >= 11 is 1.43. The molecule has 0 saturated carbocycles. The molecule has 92 valence electrons. The lowest BCUT2D eigenvalue weighted by Gasteiger charge is -1.98. The van der Waals surface area contributed by atoms with Crippen molar-refractivity contribution in [1.82, 2.24) is 4.98 Å². The maximum atomic E-state index is 13.5. The van der Waals surface area contributed by atoms with Crippen LogP contribution in [0.3, 0.4) is 0 Å². The van der Waals surface area contributed by atoms with E-state index < -0.39 is 11.6 Å². The van der Waals surface area contributed by atoms with Crippen LogP contribution in [-0.4, -0.2) is 4.98 Å².